The van der Waals surface area contributed by atoms with Gasteiger partial charge in [-0.3, -0.25) is 62.2 Å². The molecule has 37 heteroatoms. The predicted octanol–water partition coefficient (Wildman–Crippen LogP) is -3.17. The van der Waals surface area contributed by atoms with Gasteiger partial charge in [0, 0.05) is 81.8 Å². The van der Waals surface area contributed by atoms with Crippen molar-refractivity contribution in [2.75, 3.05) is 84.9 Å². The number of aromatic hydroxyl groups is 1. The van der Waals surface area contributed by atoms with Crippen LogP contribution in [0.4, 0.5) is 4.79 Å². The average molecular weight is 1490 g/mol. The Hall–Kier alpha value is -9.40. The number of phenolic OH excluding ortho intramolecular Hbond substituents is 1. The Morgan fingerprint density at radius 2 is 1.13 bits per heavy atom. The number of carbonyl (C=O) groups is 13. The molecule has 578 valence electrons. The number of nitrogens with zero attached hydrogens (tertiary/aromatic N) is 3. The number of unbranched alkanes of at least 4 members (excludes halogenated alkanes) is 1. The van der Waals surface area contributed by atoms with Gasteiger partial charge in [-0.25, -0.2) is 4.79 Å². The standard InChI is InChI=1S/C68H100N16O20S/c69-47-37-44-40-84(83-82-44)24-7-6-12-48(62(93)73-23-26-101-28-30-103-32-34-104-33-31-102-29-27-100-25-21-45(85)11-8-22-72-58(89)14-5-4-13-55-60-54(41-105-55)80-68(99)81-60)75-64(95)51(36-43-15-17-46(86)18-16-43)76-65(96)50(35-42-9-2-1-3-10-42)77-66(97)52(38-57(71)88)78-67(98)53(39-59(90)91)79-63(94)49(74-61(47)92)19-20-56(70)87/h1-3,9-10,15-18,40,47-55,60,86H,4-8,11-14,19-39,41,69H2,(H2,70,87)(H2,71,88)(H,72,89)(H,73,93)(H,74,92)(H,75,95)(H,76,96)(H,77,97)(H,78,98)(H,79,94)(H,90,91)(H2,80,81,99)/t47-,48-,49-,50-,51-,52-,53-,54-,55-,60-/m0/s1. The fourth-order valence-electron chi connectivity index (χ4n) is 11.4. The molecule has 2 bridgehead atoms. The van der Waals surface area contributed by atoms with E-state index < -0.39 is 127 Å². The number of ketones is 1. The summed E-state index contributed by atoms with van der Waals surface area (Å²) in [4.78, 5) is 172. The summed E-state index contributed by atoms with van der Waals surface area (Å²) < 4.78 is 29.4. The summed E-state index contributed by atoms with van der Waals surface area (Å²) in [6.07, 6.45) is 2.78. The molecule has 0 aliphatic carbocycles. The highest BCUT2D eigenvalue weighted by Crippen LogP contribution is 2.33. The highest BCUT2D eigenvalue weighted by Gasteiger charge is 2.43. The van der Waals surface area contributed by atoms with Crippen LogP contribution in [0, 0.1) is 0 Å². The van der Waals surface area contributed by atoms with E-state index >= 15 is 0 Å². The zero-order valence-corrected chi connectivity index (χ0v) is 59.5. The number of carboxylic acid groups (broad SMARTS) is 1. The molecule has 0 spiro atoms. The van der Waals surface area contributed by atoms with Crippen molar-refractivity contribution in [1.29, 1.82) is 0 Å². The lowest BCUT2D eigenvalue weighted by Crippen LogP contribution is -2.61. The van der Waals surface area contributed by atoms with Crippen LogP contribution in [0.25, 0.3) is 0 Å². The Morgan fingerprint density at radius 1 is 0.562 bits per heavy atom. The summed E-state index contributed by atoms with van der Waals surface area (Å²) in [5.41, 5.74) is 18.3. The number of carbonyl (C=O) groups excluding carboxylic acids is 12. The fourth-order valence-corrected chi connectivity index (χ4v) is 13.0. The van der Waals surface area contributed by atoms with Crippen LogP contribution in [0.2, 0.25) is 0 Å². The lowest BCUT2D eigenvalue weighted by molar-refractivity contribution is -0.142. The summed E-state index contributed by atoms with van der Waals surface area (Å²) in [6.45, 7) is 3.10. The molecule has 2 saturated heterocycles. The highest BCUT2D eigenvalue weighted by molar-refractivity contribution is 8.00. The summed E-state index contributed by atoms with van der Waals surface area (Å²) in [6, 6.07) is 2.97. The number of benzene rings is 2. The largest absolute Gasteiger partial charge is 0.508 e. The second kappa shape index (κ2) is 46.4. The van der Waals surface area contributed by atoms with Crippen LogP contribution in [-0.4, -0.2) is 247 Å². The van der Waals surface area contributed by atoms with Crippen LogP contribution >= 0.6 is 11.8 Å². The zero-order chi connectivity index (χ0) is 75.9. The summed E-state index contributed by atoms with van der Waals surface area (Å²) in [5.74, 6) is -9.86. The Kier molecular flexibility index (Phi) is 37.4. The molecular weight excluding hydrogens is 1390 g/mol. The van der Waals surface area contributed by atoms with E-state index in [1.807, 2.05) is 11.8 Å². The first-order valence-electron chi connectivity index (χ1n) is 35.2. The second-order valence-electron chi connectivity index (χ2n) is 25.4. The minimum absolute atomic E-state index is 0.000590. The van der Waals surface area contributed by atoms with Crippen molar-refractivity contribution >= 4 is 88.6 Å². The van der Waals surface area contributed by atoms with Crippen LogP contribution in [0.1, 0.15) is 107 Å². The number of fused-ring (bicyclic) bond motifs is 3. The van der Waals surface area contributed by atoms with Crippen LogP contribution < -0.4 is 70.4 Å². The number of urea groups is 1. The zero-order valence-electron chi connectivity index (χ0n) is 58.7. The lowest BCUT2D eigenvalue weighted by atomic mass is 10.0. The SMILES string of the molecule is NC(=O)CC[C@@H]1NC(=O)[C@@H](N)Cc2cn(nn2)CCCC[C@@H](C(=O)NCCOCCOCCOCCOCCOCCC(=O)CCCNC(=O)CCCC[C@@H]2SC[C@@H]3NC(=O)N[C@@H]32)NC(=O)[C@H](Cc2ccc(O)cc2)NC(=O)[C@H](Cc2ccccc2)NC(=O)[C@H](CC(N)=O)NC(=O)[C@H](CC(=O)O)NC1=O. The summed E-state index contributed by atoms with van der Waals surface area (Å²) in [7, 11) is 0. The van der Waals surface area contributed by atoms with Crippen molar-refractivity contribution in [3.8, 4) is 5.75 Å². The molecule has 4 heterocycles. The van der Waals surface area contributed by atoms with Crippen molar-refractivity contribution < 1.29 is 96.2 Å². The van der Waals surface area contributed by atoms with Gasteiger partial charge in [0.2, 0.25) is 59.1 Å². The molecule has 105 heavy (non-hydrogen) atoms. The van der Waals surface area contributed by atoms with Crippen LogP contribution in [0.3, 0.4) is 0 Å². The summed E-state index contributed by atoms with van der Waals surface area (Å²) in [5, 5.41) is 55.0. The van der Waals surface area contributed by atoms with E-state index in [2.05, 4.69) is 63.5 Å². The van der Waals surface area contributed by atoms with Crippen LogP contribution in [0.15, 0.2) is 60.8 Å². The van der Waals surface area contributed by atoms with Gasteiger partial charge < -0.3 is 104 Å². The smallest absolute Gasteiger partial charge is 0.315 e. The van der Waals surface area contributed by atoms with E-state index in [0.29, 0.717) is 81.5 Å². The quantitative estimate of drug-likeness (QED) is 0.0198. The third kappa shape index (κ3) is 32.7. The number of nitrogens with two attached hydrogens (primary N) is 3. The first kappa shape index (κ1) is 84.5. The van der Waals surface area contributed by atoms with Gasteiger partial charge in [-0.05, 0) is 68.2 Å². The van der Waals surface area contributed by atoms with E-state index in [0.717, 1.165) is 25.0 Å². The number of aromatic nitrogens is 3. The van der Waals surface area contributed by atoms with Gasteiger partial charge in [-0.1, -0.05) is 54.1 Å². The van der Waals surface area contributed by atoms with E-state index in [1.165, 1.54) is 35.1 Å². The molecule has 3 aliphatic heterocycles. The molecule has 0 saturated carbocycles. The number of amides is 12. The number of aliphatic carboxylic acids is 1. The normalized spacial score (nSPS) is 22.2. The molecule has 1 aromatic heterocycles. The minimum atomic E-state index is -2.01. The van der Waals surface area contributed by atoms with Gasteiger partial charge in [0.05, 0.1) is 103 Å². The first-order chi connectivity index (χ1) is 50.5. The third-order valence-corrected chi connectivity index (χ3v) is 18.5. The van der Waals surface area contributed by atoms with Gasteiger partial charge in [0.25, 0.3) is 0 Å². The molecule has 10 atom stereocenters. The fraction of sp³-hybridized carbons (Fsp3) is 0.603. The number of rotatable bonds is 39. The number of phenols is 1. The van der Waals surface area contributed by atoms with Crippen molar-refractivity contribution in [3.63, 3.8) is 0 Å². The molecule has 0 unspecified atom stereocenters. The van der Waals surface area contributed by atoms with Crippen molar-refractivity contribution in [3.05, 3.63) is 77.6 Å². The van der Waals surface area contributed by atoms with Crippen molar-refractivity contribution in [2.45, 2.75) is 175 Å². The van der Waals surface area contributed by atoms with Crippen molar-refractivity contribution in [2.24, 2.45) is 17.2 Å². The number of nitrogens with one attached hydrogen (secondary N) is 10. The number of ether oxygens (including phenoxy) is 5. The monoisotopic (exact) mass is 1490 g/mol. The van der Waals surface area contributed by atoms with Gasteiger partial charge >= 0.3 is 12.0 Å². The molecule has 18 N–H and O–H groups in total. The van der Waals surface area contributed by atoms with Crippen molar-refractivity contribution in [1.82, 2.24) is 68.2 Å². The molecule has 6 rings (SSSR count). The number of aryl methyl sites for hydroxylation is 1. The minimum Gasteiger partial charge on any atom is -0.508 e. The van der Waals surface area contributed by atoms with Gasteiger partial charge in [0.15, 0.2) is 0 Å². The first-order valence-corrected chi connectivity index (χ1v) is 36.3. The number of hydrogen-bond donors (Lipinski definition) is 15. The van der Waals surface area contributed by atoms with E-state index in [9.17, 15) is 72.5 Å². The molecule has 12 amide bonds. The topological polar surface area (TPSA) is 538 Å². The van der Waals surface area contributed by atoms with E-state index in [1.54, 1.807) is 30.3 Å². The van der Waals surface area contributed by atoms with Gasteiger partial charge in [-0.2, -0.15) is 11.8 Å². The third-order valence-electron chi connectivity index (χ3n) is 17.0. The molecule has 36 nitrogen and oxygen atoms in total. The van der Waals surface area contributed by atoms with E-state index in [4.69, 9.17) is 40.9 Å². The molecule has 0 radical (unpaired) electrons. The Morgan fingerprint density at radius 3 is 1.76 bits per heavy atom. The number of thioether (sulfide) groups is 1. The maximum atomic E-state index is 14.7. The number of primary amides is 2. The lowest BCUT2D eigenvalue weighted by Gasteiger charge is -2.27. The molecular formula is C68H100N16O20S. The van der Waals surface area contributed by atoms with Gasteiger partial charge in [-0.15, -0.1) is 5.10 Å². The Labute approximate surface area is 611 Å². The van der Waals surface area contributed by atoms with Gasteiger partial charge in [0.1, 0.15) is 47.8 Å². The number of carboxylic acids is 1. The van der Waals surface area contributed by atoms with E-state index in [-0.39, 0.29) is 126 Å². The maximum absolute atomic E-state index is 14.7. The molecule has 2 aromatic carbocycles. The molecule has 2 fully saturated rings. The maximum Gasteiger partial charge on any atom is 0.315 e. The highest BCUT2D eigenvalue weighted by atomic mass is 32.2. The van der Waals surface area contributed by atoms with Crippen LogP contribution in [-0.2, 0) is 107 Å². The van der Waals surface area contributed by atoms with Crippen LogP contribution in [0.5, 0.6) is 5.75 Å². The second-order valence-corrected chi connectivity index (χ2v) is 26.7. The number of Topliss-reactive ketones (excluding diaryl/α,β-unsaturated/α-hetero) is 1. The predicted molar refractivity (Wildman–Crippen MR) is 377 cm³/mol. The Bertz CT molecular complexity index is 3340. The summed E-state index contributed by atoms with van der Waals surface area (Å²) >= 11 is 1.86. The Balaban J connectivity index is 0.980. The molecule has 3 aliphatic rings. The average Bonchev–Trinajstić information content (AvgIpc) is 1.66. The molecule has 3 aromatic rings. The number of hydrogen-bond acceptors (Lipinski definition) is 23.